The number of nitrogens with zero attached hydrogens (tertiary/aromatic N) is 3. The second-order valence-electron chi connectivity index (χ2n) is 6.12. The molecule has 4 heteroatoms. The van der Waals surface area contributed by atoms with Crippen LogP contribution in [0.3, 0.4) is 0 Å². The number of aryl methyl sites for hydroxylation is 2. The van der Waals surface area contributed by atoms with Crippen LogP contribution >= 0.6 is 0 Å². The van der Waals surface area contributed by atoms with Gasteiger partial charge in [-0.25, -0.2) is 0 Å². The lowest BCUT2D eigenvalue weighted by atomic mass is 10.1. The van der Waals surface area contributed by atoms with Gasteiger partial charge in [0.1, 0.15) is 0 Å². The molecular weight excluding hydrogens is 298 g/mol. The Morgan fingerprint density at radius 2 is 1.96 bits per heavy atom. The summed E-state index contributed by atoms with van der Waals surface area (Å²) < 4.78 is 0. The fourth-order valence-corrected chi connectivity index (χ4v) is 2.74. The number of rotatable bonds is 4. The van der Waals surface area contributed by atoms with Crippen molar-refractivity contribution >= 4 is 16.8 Å². The number of hydrogen-bond donors (Lipinski definition) is 0. The molecule has 0 radical (unpaired) electrons. The molecule has 0 atom stereocenters. The second kappa shape index (κ2) is 6.79. The average Bonchev–Trinajstić information content (AvgIpc) is 2.59. The highest BCUT2D eigenvalue weighted by atomic mass is 16.2. The highest BCUT2D eigenvalue weighted by Crippen LogP contribution is 2.19. The van der Waals surface area contributed by atoms with Crippen molar-refractivity contribution < 1.29 is 4.79 Å². The number of aromatic nitrogens is 2. The van der Waals surface area contributed by atoms with Gasteiger partial charge in [-0.2, -0.15) is 0 Å². The van der Waals surface area contributed by atoms with Crippen molar-refractivity contribution in [2.24, 2.45) is 0 Å². The third-order valence-electron chi connectivity index (χ3n) is 4.17. The van der Waals surface area contributed by atoms with Crippen molar-refractivity contribution in [3.8, 4) is 0 Å². The van der Waals surface area contributed by atoms with Crippen LogP contribution in [0.15, 0.2) is 48.7 Å². The maximum absolute atomic E-state index is 12.8. The lowest BCUT2D eigenvalue weighted by Crippen LogP contribution is -2.29. The Bertz CT molecular complexity index is 875. The maximum atomic E-state index is 12.8. The summed E-state index contributed by atoms with van der Waals surface area (Å²) in [6.07, 6.45) is 2.51. The number of carbonyl (C=O) groups is 1. The first-order valence-corrected chi connectivity index (χ1v) is 8.08. The van der Waals surface area contributed by atoms with Gasteiger partial charge < -0.3 is 4.90 Å². The van der Waals surface area contributed by atoms with Gasteiger partial charge >= 0.3 is 0 Å². The van der Waals surface area contributed by atoms with Crippen molar-refractivity contribution in [3.63, 3.8) is 0 Å². The maximum Gasteiger partial charge on any atom is 0.255 e. The monoisotopic (exact) mass is 319 g/mol. The van der Waals surface area contributed by atoms with Crippen molar-refractivity contribution in [1.29, 1.82) is 0 Å². The van der Waals surface area contributed by atoms with E-state index in [2.05, 4.69) is 16.0 Å². The highest BCUT2D eigenvalue weighted by molar-refractivity contribution is 5.98. The summed E-state index contributed by atoms with van der Waals surface area (Å²) in [4.78, 5) is 23.4. The van der Waals surface area contributed by atoms with Crippen molar-refractivity contribution in [2.45, 2.75) is 20.3 Å². The molecule has 2 aromatic heterocycles. The van der Waals surface area contributed by atoms with Crippen LogP contribution in [0.5, 0.6) is 0 Å². The SMILES string of the molecule is Cc1ccc2nc(C)c(C(=O)N(C)CCc3ccccn3)cc2c1. The van der Waals surface area contributed by atoms with E-state index in [-0.39, 0.29) is 5.91 Å². The average molecular weight is 319 g/mol. The van der Waals surface area contributed by atoms with Crippen LogP contribution in [0.25, 0.3) is 10.9 Å². The molecule has 24 heavy (non-hydrogen) atoms. The summed E-state index contributed by atoms with van der Waals surface area (Å²) in [7, 11) is 1.82. The molecule has 3 aromatic rings. The van der Waals surface area contributed by atoms with Crippen molar-refractivity contribution in [1.82, 2.24) is 14.9 Å². The molecule has 1 aromatic carbocycles. The summed E-state index contributed by atoms with van der Waals surface area (Å²) in [5, 5.41) is 1.00. The summed E-state index contributed by atoms with van der Waals surface area (Å²) >= 11 is 0. The summed E-state index contributed by atoms with van der Waals surface area (Å²) in [5.74, 6) is -0.000614. The van der Waals surface area contributed by atoms with E-state index in [1.54, 1.807) is 11.1 Å². The number of likely N-dealkylation sites (N-methyl/N-ethyl adjacent to an activating group) is 1. The third-order valence-corrected chi connectivity index (χ3v) is 4.17. The van der Waals surface area contributed by atoms with Gasteiger partial charge in [0.05, 0.1) is 16.8 Å². The zero-order chi connectivity index (χ0) is 17.1. The van der Waals surface area contributed by atoms with E-state index < -0.39 is 0 Å². The molecule has 0 unspecified atom stereocenters. The number of pyridine rings is 2. The first-order valence-electron chi connectivity index (χ1n) is 8.08. The minimum atomic E-state index is -0.000614. The van der Waals surface area contributed by atoms with E-state index in [4.69, 9.17) is 0 Å². The fraction of sp³-hybridized carbons (Fsp3) is 0.250. The summed E-state index contributed by atoms with van der Waals surface area (Å²) in [6.45, 7) is 4.56. The molecule has 0 aliphatic rings. The number of hydrogen-bond acceptors (Lipinski definition) is 3. The first-order chi connectivity index (χ1) is 11.5. The number of carbonyl (C=O) groups excluding carboxylic acids is 1. The van der Waals surface area contributed by atoms with E-state index >= 15 is 0 Å². The van der Waals surface area contributed by atoms with Crippen LogP contribution in [-0.2, 0) is 6.42 Å². The predicted molar refractivity (Wildman–Crippen MR) is 96.1 cm³/mol. The molecule has 0 bridgehead atoms. The van der Waals surface area contributed by atoms with Gasteiger partial charge in [-0.05, 0) is 44.2 Å². The van der Waals surface area contributed by atoms with Crippen LogP contribution in [0.2, 0.25) is 0 Å². The van der Waals surface area contributed by atoms with Gasteiger partial charge in [0.2, 0.25) is 0 Å². The molecule has 0 spiro atoms. The topological polar surface area (TPSA) is 46.1 Å². The first kappa shape index (κ1) is 16.1. The van der Waals surface area contributed by atoms with E-state index in [0.717, 1.165) is 34.3 Å². The minimum absolute atomic E-state index is 0.000614. The Morgan fingerprint density at radius 3 is 2.71 bits per heavy atom. The van der Waals surface area contributed by atoms with Crippen LogP contribution in [0.1, 0.15) is 27.3 Å². The molecule has 0 saturated carbocycles. The molecule has 0 fully saturated rings. The summed E-state index contributed by atoms with van der Waals surface area (Å²) in [5.41, 5.74) is 4.50. The lowest BCUT2D eigenvalue weighted by Gasteiger charge is -2.18. The number of fused-ring (bicyclic) bond motifs is 1. The molecule has 122 valence electrons. The lowest BCUT2D eigenvalue weighted by molar-refractivity contribution is 0.0795. The van der Waals surface area contributed by atoms with Gasteiger partial charge in [0.15, 0.2) is 0 Å². The Kier molecular flexibility index (Phi) is 4.56. The standard InChI is InChI=1S/C20H21N3O/c1-14-7-8-19-16(12-14)13-18(15(2)22-19)20(24)23(3)11-9-17-6-4-5-10-21-17/h4-8,10,12-13H,9,11H2,1-3H3. The van der Waals surface area contributed by atoms with Crippen molar-refractivity contribution in [3.05, 3.63) is 71.2 Å². The number of amides is 1. The molecule has 4 nitrogen and oxygen atoms in total. The fourth-order valence-electron chi connectivity index (χ4n) is 2.74. The summed E-state index contributed by atoms with van der Waals surface area (Å²) in [6, 6.07) is 13.9. The Labute approximate surface area is 142 Å². The van der Waals surface area contributed by atoms with Crippen LogP contribution in [-0.4, -0.2) is 34.4 Å². The predicted octanol–water partition coefficient (Wildman–Crippen LogP) is 3.56. The molecule has 1 amide bonds. The third kappa shape index (κ3) is 3.43. The van der Waals surface area contributed by atoms with Crippen LogP contribution < -0.4 is 0 Å². The number of benzene rings is 1. The quantitative estimate of drug-likeness (QED) is 0.738. The van der Waals surface area contributed by atoms with Crippen molar-refractivity contribution in [2.75, 3.05) is 13.6 Å². The van der Waals surface area contributed by atoms with E-state index in [0.29, 0.717) is 12.1 Å². The normalized spacial score (nSPS) is 10.8. The molecule has 0 N–H and O–H groups in total. The molecular formula is C20H21N3O. The molecule has 0 aliphatic heterocycles. The molecule has 0 saturated heterocycles. The van der Waals surface area contributed by atoms with Gasteiger partial charge in [-0.3, -0.25) is 14.8 Å². The molecule has 3 rings (SSSR count). The van der Waals surface area contributed by atoms with Crippen LogP contribution in [0, 0.1) is 13.8 Å². The largest absolute Gasteiger partial charge is 0.341 e. The Hall–Kier alpha value is -2.75. The van der Waals surface area contributed by atoms with Crippen LogP contribution in [0.4, 0.5) is 0 Å². The second-order valence-corrected chi connectivity index (χ2v) is 6.12. The van der Waals surface area contributed by atoms with Gasteiger partial charge in [-0.15, -0.1) is 0 Å². The molecule has 2 heterocycles. The minimum Gasteiger partial charge on any atom is -0.341 e. The van der Waals surface area contributed by atoms with E-state index in [1.807, 2.05) is 57.3 Å². The Balaban J connectivity index is 1.80. The zero-order valence-electron chi connectivity index (χ0n) is 14.3. The smallest absolute Gasteiger partial charge is 0.255 e. The Morgan fingerprint density at radius 1 is 1.12 bits per heavy atom. The van der Waals surface area contributed by atoms with Gasteiger partial charge in [0.25, 0.3) is 5.91 Å². The van der Waals surface area contributed by atoms with Gasteiger partial charge in [-0.1, -0.05) is 17.7 Å². The zero-order valence-corrected chi connectivity index (χ0v) is 14.3. The van der Waals surface area contributed by atoms with Gasteiger partial charge in [0, 0.05) is 37.3 Å². The van der Waals surface area contributed by atoms with E-state index in [9.17, 15) is 4.79 Å². The molecule has 0 aliphatic carbocycles. The highest BCUT2D eigenvalue weighted by Gasteiger charge is 2.16. The van der Waals surface area contributed by atoms with E-state index in [1.165, 1.54) is 0 Å².